The molecule has 1 aromatic carbocycles. The fourth-order valence-electron chi connectivity index (χ4n) is 2.01. The number of nitrogens with zero attached hydrogens (tertiary/aromatic N) is 1. The Kier molecular flexibility index (Phi) is 3.73. The summed E-state index contributed by atoms with van der Waals surface area (Å²) in [5.74, 6) is -0.383. The van der Waals surface area contributed by atoms with Crippen molar-refractivity contribution in [3.63, 3.8) is 0 Å². The molecule has 1 aliphatic rings. The largest absolute Gasteiger partial charge is 0.416 e. The van der Waals surface area contributed by atoms with Gasteiger partial charge in [0.2, 0.25) is 0 Å². The molecule has 1 amide bonds. The first-order chi connectivity index (χ1) is 8.79. The minimum Gasteiger partial charge on any atom is -0.337 e. The summed E-state index contributed by atoms with van der Waals surface area (Å²) in [6.45, 7) is 0.896. The summed E-state index contributed by atoms with van der Waals surface area (Å²) in [6, 6.07) is 2.65. The molecular weight excluding hydrogens is 281 g/mol. The van der Waals surface area contributed by atoms with Crippen LogP contribution in [0.4, 0.5) is 13.2 Å². The Balaban J connectivity index is 2.24. The normalized spacial score (nSPS) is 19.8. The molecule has 0 aliphatic carbocycles. The van der Waals surface area contributed by atoms with Gasteiger partial charge in [-0.15, -0.1) is 0 Å². The number of halogens is 4. The van der Waals surface area contributed by atoms with Gasteiger partial charge in [-0.25, -0.2) is 0 Å². The van der Waals surface area contributed by atoms with E-state index in [1.807, 2.05) is 0 Å². The Morgan fingerprint density at radius 2 is 2.11 bits per heavy atom. The van der Waals surface area contributed by atoms with Crippen LogP contribution in [0.2, 0.25) is 5.02 Å². The van der Waals surface area contributed by atoms with Crippen molar-refractivity contribution in [1.29, 1.82) is 0 Å². The number of carbonyl (C=O) groups excluding carboxylic acids is 1. The van der Waals surface area contributed by atoms with Gasteiger partial charge in [0.15, 0.2) is 0 Å². The molecule has 19 heavy (non-hydrogen) atoms. The summed E-state index contributed by atoms with van der Waals surface area (Å²) >= 11 is 5.77. The molecule has 0 spiro atoms. The van der Waals surface area contributed by atoms with E-state index >= 15 is 0 Å². The molecular formula is C12H12ClF3N2O. The first-order valence-electron chi connectivity index (χ1n) is 5.70. The van der Waals surface area contributed by atoms with Crippen molar-refractivity contribution in [2.75, 3.05) is 13.1 Å². The van der Waals surface area contributed by atoms with Crippen LogP contribution in [0.5, 0.6) is 0 Å². The summed E-state index contributed by atoms with van der Waals surface area (Å²) in [5.41, 5.74) is 4.89. The molecule has 0 radical (unpaired) electrons. The predicted octanol–water partition coefficient (Wildman–Crippen LogP) is 2.53. The van der Waals surface area contributed by atoms with Crippen LogP contribution in [0.15, 0.2) is 18.2 Å². The van der Waals surface area contributed by atoms with Gasteiger partial charge in [-0.2, -0.15) is 13.2 Å². The molecule has 1 heterocycles. The zero-order chi connectivity index (χ0) is 14.2. The predicted molar refractivity (Wildman–Crippen MR) is 64.9 cm³/mol. The molecule has 7 heteroatoms. The van der Waals surface area contributed by atoms with E-state index in [-0.39, 0.29) is 22.5 Å². The van der Waals surface area contributed by atoms with Gasteiger partial charge in [0.05, 0.1) is 16.1 Å². The average molecular weight is 293 g/mol. The number of hydrogen-bond donors (Lipinski definition) is 1. The Morgan fingerprint density at radius 1 is 1.42 bits per heavy atom. The molecule has 0 aromatic heterocycles. The maximum absolute atomic E-state index is 12.5. The Morgan fingerprint density at radius 3 is 2.58 bits per heavy atom. The van der Waals surface area contributed by atoms with E-state index in [4.69, 9.17) is 17.3 Å². The van der Waals surface area contributed by atoms with Crippen molar-refractivity contribution in [3.05, 3.63) is 34.3 Å². The van der Waals surface area contributed by atoms with Gasteiger partial charge in [0.25, 0.3) is 5.91 Å². The van der Waals surface area contributed by atoms with Crippen molar-refractivity contribution in [1.82, 2.24) is 4.90 Å². The van der Waals surface area contributed by atoms with Crippen molar-refractivity contribution in [2.24, 2.45) is 5.73 Å². The molecule has 1 aromatic rings. The topological polar surface area (TPSA) is 46.3 Å². The highest BCUT2D eigenvalue weighted by molar-refractivity contribution is 6.33. The summed E-state index contributed by atoms with van der Waals surface area (Å²) in [6.07, 6.45) is -3.79. The summed E-state index contributed by atoms with van der Waals surface area (Å²) in [5, 5.41) is -0.194. The van der Waals surface area contributed by atoms with Crippen molar-refractivity contribution >= 4 is 17.5 Å². The minimum absolute atomic E-state index is 0.0729. The van der Waals surface area contributed by atoms with E-state index in [0.717, 1.165) is 18.2 Å². The lowest BCUT2D eigenvalue weighted by atomic mass is 10.1. The fraction of sp³-hybridized carbons (Fsp3) is 0.417. The molecule has 1 saturated heterocycles. The third kappa shape index (κ3) is 3.01. The lowest BCUT2D eigenvalue weighted by molar-refractivity contribution is -0.137. The number of carbonyl (C=O) groups is 1. The summed E-state index contributed by atoms with van der Waals surface area (Å²) in [4.78, 5) is 13.6. The molecule has 1 atom stereocenters. The zero-order valence-electron chi connectivity index (χ0n) is 9.88. The standard InChI is InChI=1S/C12H12ClF3N2O/c13-10-5-7(12(14,15)16)1-2-9(10)11(19)18-4-3-8(17)6-18/h1-2,5,8H,3-4,6,17H2. The van der Waals surface area contributed by atoms with Gasteiger partial charge in [0.1, 0.15) is 0 Å². The molecule has 1 fully saturated rings. The van der Waals surface area contributed by atoms with Crippen molar-refractivity contribution < 1.29 is 18.0 Å². The Bertz CT molecular complexity index is 504. The van der Waals surface area contributed by atoms with Crippen LogP contribution in [0.1, 0.15) is 22.3 Å². The lowest BCUT2D eigenvalue weighted by Gasteiger charge is -2.17. The smallest absolute Gasteiger partial charge is 0.337 e. The van der Waals surface area contributed by atoms with Crippen LogP contribution in [0, 0.1) is 0 Å². The van der Waals surface area contributed by atoms with Gasteiger partial charge < -0.3 is 10.6 Å². The maximum atomic E-state index is 12.5. The summed E-state index contributed by atoms with van der Waals surface area (Å²) < 4.78 is 37.4. The Hall–Kier alpha value is -1.27. The molecule has 0 saturated carbocycles. The van der Waals surface area contributed by atoms with Gasteiger partial charge in [-0.05, 0) is 24.6 Å². The third-order valence-corrected chi connectivity index (χ3v) is 3.35. The fourth-order valence-corrected chi connectivity index (χ4v) is 2.27. The molecule has 0 bridgehead atoms. The molecule has 1 unspecified atom stereocenters. The first kappa shape index (κ1) is 14.1. The van der Waals surface area contributed by atoms with Gasteiger partial charge >= 0.3 is 6.18 Å². The quantitative estimate of drug-likeness (QED) is 0.864. The second-order valence-corrected chi connectivity index (χ2v) is 4.90. The van der Waals surface area contributed by atoms with Gasteiger partial charge in [-0.1, -0.05) is 11.6 Å². The van der Waals surface area contributed by atoms with Crippen molar-refractivity contribution in [3.8, 4) is 0 Å². The zero-order valence-corrected chi connectivity index (χ0v) is 10.6. The minimum atomic E-state index is -4.47. The highest BCUT2D eigenvalue weighted by Crippen LogP contribution is 2.32. The van der Waals surface area contributed by atoms with Crippen LogP contribution in [0.25, 0.3) is 0 Å². The SMILES string of the molecule is NC1CCN(C(=O)c2ccc(C(F)(F)F)cc2Cl)C1. The number of hydrogen-bond acceptors (Lipinski definition) is 2. The highest BCUT2D eigenvalue weighted by Gasteiger charge is 2.32. The number of amides is 1. The van der Waals surface area contributed by atoms with Crippen LogP contribution in [-0.2, 0) is 6.18 Å². The third-order valence-electron chi connectivity index (χ3n) is 3.04. The van der Waals surface area contributed by atoms with Crippen LogP contribution >= 0.6 is 11.6 Å². The number of rotatable bonds is 1. The number of likely N-dealkylation sites (tertiary alicyclic amines) is 1. The molecule has 104 valence electrons. The van der Waals surface area contributed by atoms with E-state index in [1.165, 1.54) is 4.90 Å². The monoisotopic (exact) mass is 292 g/mol. The Labute approximate surface area is 113 Å². The van der Waals surface area contributed by atoms with Crippen LogP contribution in [-0.4, -0.2) is 29.9 Å². The molecule has 3 nitrogen and oxygen atoms in total. The lowest BCUT2D eigenvalue weighted by Crippen LogP contribution is -2.32. The van der Waals surface area contributed by atoms with E-state index in [0.29, 0.717) is 19.5 Å². The van der Waals surface area contributed by atoms with Crippen LogP contribution in [0.3, 0.4) is 0 Å². The van der Waals surface area contributed by atoms with Gasteiger partial charge in [-0.3, -0.25) is 4.79 Å². The van der Waals surface area contributed by atoms with E-state index in [9.17, 15) is 18.0 Å². The number of nitrogens with two attached hydrogens (primary N) is 1. The molecule has 2 rings (SSSR count). The maximum Gasteiger partial charge on any atom is 0.416 e. The summed E-state index contributed by atoms with van der Waals surface area (Å²) in [7, 11) is 0. The van der Waals surface area contributed by atoms with Gasteiger partial charge in [0, 0.05) is 19.1 Å². The first-order valence-corrected chi connectivity index (χ1v) is 6.08. The molecule has 2 N–H and O–H groups in total. The van der Waals surface area contributed by atoms with Crippen LogP contribution < -0.4 is 5.73 Å². The molecule has 1 aliphatic heterocycles. The average Bonchev–Trinajstić information content (AvgIpc) is 2.73. The second kappa shape index (κ2) is 5.02. The highest BCUT2D eigenvalue weighted by atomic mass is 35.5. The number of benzene rings is 1. The van der Waals surface area contributed by atoms with E-state index in [2.05, 4.69) is 0 Å². The van der Waals surface area contributed by atoms with E-state index in [1.54, 1.807) is 0 Å². The second-order valence-electron chi connectivity index (χ2n) is 4.49. The van der Waals surface area contributed by atoms with E-state index < -0.39 is 11.7 Å². The number of alkyl halides is 3. The van der Waals surface area contributed by atoms with Crippen molar-refractivity contribution in [2.45, 2.75) is 18.6 Å².